The smallest absolute Gasteiger partial charge is 0.0589 e. The molecule has 1 aromatic rings. The standard InChI is InChI=1S/C13H21NO/c1-14(11-12-15-2)10-6-9-13-7-4-3-5-8-13/h3-5,7-8H,6,9-12H2,1-2H3. The fourth-order valence-corrected chi connectivity index (χ4v) is 1.56. The largest absolute Gasteiger partial charge is 0.383 e. The molecule has 0 spiro atoms. The van der Waals surface area contributed by atoms with Crippen molar-refractivity contribution in [2.75, 3.05) is 33.9 Å². The second kappa shape index (κ2) is 7.43. The minimum atomic E-state index is 0.821. The second-order valence-electron chi connectivity index (χ2n) is 3.89. The van der Waals surface area contributed by atoms with E-state index in [0.717, 1.165) is 26.1 Å². The Morgan fingerprint density at radius 1 is 1.13 bits per heavy atom. The summed E-state index contributed by atoms with van der Waals surface area (Å²) in [4.78, 5) is 2.31. The zero-order valence-electron chi connectivity index (χ0n) is 9.78. The number of methoxy groups -OCH3 is 1. The summed E-state index contributed by atoms with van der Waals surface area (Å²) in [5, 5.41) is 0. The Kier molecular flexibility index (Phi) is 6.05. The minimum Gasteiger partial charge on any atom is -0.383 e. The van der Waals surface area contributed by atoms with E-state index >= 15 is 0 Å². The predicted molar refractivity (Wildman–Crippen MR) is 64.1 cm³/mol. The van der Waals surface area contributed by atoms with E-state index in [1.54, 1.807) is 7.11 Å². The predicted octanol–water partition coefficient (Wildman–Crippen LogP) is 2.20. The van der Waals surface area contributed by atoms with E-state index in [1.165, 1.54) is 12.0 Å². The van der Waals surface area contributed by atoms with Gasteiger partial charge >= 0.3 is 0 Å². The molecule has 0 amide bonds. The number of hydrogen-bond acceptors (Lipinski definition) is 2. The Morgan fingerprint density at radius 3 is 2.53 bits per heavy atom. The molecule has 0 fully saturated rings. The van der Waals surface area contributed by atoms with Gasteiger partial charge in [-0.2, -0.15) is 0 Å². The van der Waals surface area contributed by atoms with Crippen LogP contribution in [0.3, 0.4) is 0 Å². The van der Waals surface area contributed by atoms with Crippen LogP contribution in [0.25, 0.3) is 0 Å². The van der Waals surface area contributed by atoms with Crippen molar-refractivity contribution in [3.63, 3.8) is 0 Å². The summed E-state index contributed by atoms with van der Waals surface area (Å²) in [6, 6.07) is 10.6. The first kappa shape index (κ1) is 12.2. The number of benzene rings is 1. The number of likely N-dealkylation sites (N-methyl/N-ethyl adjacent to an activating group) is 1. The fourth-order valence-electron chi connectivity index (χ4n) is 1.56. The van der Waals surface area contributed by atoms with E-state index in [1.807, 2.05) is 0 Å². The molecule has 0 heterocycles. The third-order valence-corrected chi connectivity index (χ3v) is 2.53. The molecule has 0 saturated heterocycles. The maximum Gasteiger partial charge on any atom is 0.0589 e. The van der Waals surface area contributed by atoms with Gasteiger partial charge in [0.1, 0.15) is 0 Å². The second-order valence-corrected chi connectivity index (χ2v) is 3.89. The van der Waals surface area contributed by atoms with Crippen molar-refractivity contribution in [2.24, 2.45) is 0 Å². The van der Waals surface area contributed by atoms with E-state index in [2.05, 4.69) is 42.3 Å². The van der Waals surface area contributed by atoms with Crippen molar-refractivity contribution in [1.82, 2.24) is 4.90 Å². The first-order valence-electron chi connectivity index (χ1n) is 5.54. The van der Waals surface area contributed by atoms with Crippen LogP contribution in [0.5, 0.6) is 0 Å². The van der Waals surface area contributed by atoms with Crippen molar-refractivity contribution < 1.29 is 4.74 Å². The third kappa shape index (κ3) is 5.55. The van der Waals surface area contributed by atoms with E-state index < -0.39 is 0 Å². The normalized spacial score (nSPS) is 10.9. The molecule has 2 nitrogen and oxygen atoms in total. The lowest BCUT2D eigenvalue weighted by Gasteiger charge is -2.15. The van der Waals surface area contributed by atoms with Crippen LogP contribution in [0.4, 0.5) is 0 Å². The van der Waals surface area contributed by atoms with Crippen molar-refractivity contribution in [1.29, 1.82) is 0 Å². The summed E-state index contributed by atoms with van der Waals surface area (Å²) in [6.07, 6.45) is 2.38. The van der Waals surface area contributed by atoms with E-state index in [9.17, 15) is 0 Å². The van der Waals surface area contributed by atoms with E-state index in [0.29, 0.717) is 0 Å². The van der Waals surface area contributed by atoms with Crippen molar-refractivity contribution in [2.45, 2.75) is 12.8 Å². The molecule has 1 aromatic carbocycles. The number of rotatable bonds is 7. The quantitative estimate of drug-likeness (QED) is 0.679. The van der Waals surface area contributed by atoms with E-state index in [4.69, 9.17) is 4.74 Å². The average Bonchev–Trinajstić information content (AvgIpc) is 2.28. The Balaban J connectivity index is 2.11. The van der Waals surface area contributed by atoms with Crippen LogP contribution < -0.4 is 0 Å². The summed E-state index contributed by atoms with van der Waals surface area (Å²) in [7, 11) is 3.89. The van der Waals surface area contributed by atoms with E-state index in [-0.39, 0.29) is 0 Å². The minimum absolute atomic E-state index is 0.821. The van der Waals surface area contributed by atoms with Gasteiger partial charge in [0.05, 0.1) is 6.61 Å². The zero-order chi connectivity index (χ0) is 10.9. The number of ether oxygens (including phenoxy) is 1. The van der Waals surface area contributed by atoms with Gasteiger partial charge in [0.15, 0.2) is 0 Å². The van der Waals surface area contributed by atoms with Crippen LogP contribution in [0, 0.1) is 0 Å². The maximum atomic E-state index is 5.04. The lowest BCUT2D eigenvalue weighted by atomic mass is 10.1. The van der Waals surface area contributed by atoms with Gasteiger partial charge in [0, 0.05) is 13.7 Å². The van der Waals surface area contributed by atoms with Crippen LogP contribution >= 0.6 is 0 Å². The summed E-state index contributed by atoms with van der Waals surface area (Å²) in [5.74, 6) is 0. The van der Waals surface area contributed by atoms with Gasteiger partial charge in [0.25, 0.3) is 0 Å². The molecule has 0 bridgehead atoms. The first-order chi connectivity index (χ1) is 7.33. The van der Waals surface area contributed by atoms with Gasteiger partial charge in [-0.25, -0.2) is 0 Å². The Bertz CT molecular complexity index is 248. The molecule has 0 atom stereocenters. The van der Waals surface area contributed by atoms with Crippen molar-refractivity contribution in [3.8, 4) is 0 Å². The van der Waals surface area contributed by atoms with Crippen molar-refractivity contribution >= 4 is 0 Å². The van der Waals surface area contributed by atoms with Gasteiger partial charge in [-0.15, -0.1) is 0 Å². The number of hydrogen-bond donors (Lipinski definition) is 0. The highest BCUT2D eigenvalue weighted by atomic mass is 16.5. The molecule has 0 unspecified atom stereocenters. The van der Waals surface area contributed by atoms with Crippen LogP contribution in [-0.4, -0.2) is 38.8 Å². The SMILES string of the molecule is COCCN(C)CCCc1ccccc1. The van der Waals surface area contributed by atoms with Gasteiger partial charge in [-0.05, 0) is 32.0 Å². The summed E-state index contributed by atoms with van der Waals surface area (Å²) < 4.78 is 5.04. The first-order valence-corrected chi connectivity index (χ1v) is 5.54. The van der Waals surface area contributed by atoms with Gasteiger partial charge in [-0.3, -0.25) is 0 Å². The molecular formula is C13H21NO. The number of aryl methyl sites for hydroxylation is 1. The Labute approximate surface area is 92.9 Å². The zero-order valence-corrected chi connectivity index (χ0v) is 9.78. The molecule has 0 N–H and O–H groups in total. The highest BCUT2D eigenvalue weighted by Crippen LogP contribution is 2.02. The van der Waals surface area contributed by atoms with Crippen LogP contribution in [0.2, 0.25) is 0 Å². The molecule has 2 heteroatoms. The van der Waals surface area contributed by atoms with Crippen LogP contribution in [0.15, 0.2) is 30.3 Å². The van der Waals surface area contributed by atoms with Crippen molar-refractivity contribution in [3.05, 3.63) is 35.9 Å². The third-order valence-electron chi connectivity index (χ3n) is 2.53. The molecule has 84 valence electrons. The Hall–Kier alpha value is -0.860. The molecule has 0 aliphatic rings. The summed E-state index contributed by atoms with van der Waals surface area (Å²) in [6.45, 7) is 2.98. The highest BCUT2D eigenvalue weighted by molar-refractivity contribution is 5.14. The fraction of sp³-hybridized carbons (Fsp3) is 0.538. The van der Waals surface area contributed by atoms with Crippen LogP contribution in [-0.2, 0) is 11.2 Å². The average molecular weight is 207 g/mol. The van der Waals surface area contributed by atoms with Gasteiger partial charge < -0.3 is 9.64 Å². The monoisotopic (exact) mass is 207 g/mol. The molecule has 0 aliphatic heterocycles. The Morgan fingerprint density at radius 2 is 1.87 bits per heavy atom. The molecule has 0 saturated carbocycles. The lowest BCUT2D eigenvalue weighted by Crippen LogP contribution is -2.24. The summed E-state index contributed by atoms with van der Waals surface area (Å²) in [5.41, 5.74) is 1.43. The molecule has 15 heavy (non-hydrogen) atoms. The maximum absolute atomic E-state index is 5.04. The lowest BCUT2D eigenvalue weighted by molar-refractivity contribution is 0.161. The van der Waals surface area contributed by atoms with Gasteiger partial charge in [-0.1, -0.05) is 30.3 Å². The molecule has 1 rings (SSSR count). The molecule has 0 radical (unpaired) electrons. The highest BCUT2D eigenvalue weighted by Gasteiger charge is 1.97. The molecule has 0 aromatic heterocycles. The topological polar surface area (TPSA) is 12.5 Å². The summed E-state index contributed by atoms with van der Waals surface area (Å²) >= 11 is 0. The van der Waals surface area contributed by atoms with Gasteiger partial charge in [0.2, 0.25) is 0 Å². The number of nitrogens with zero attached hydrogens (tertiary/aromatic N) is 1. The molecular weight excluding hydrogens is 186 g/mol. The molecule has 0 aliphatic carbocycles. The van der Waals surface area contributed by atoms with Crippen LogP contribution in [0.1, 0.15) is 12.0 Å².